The molecule has 21 heavy (non-hydrogen) atoms. The first-order chi connectivity index (χ1) is 10.0. The van der Waals surface area contributed by atoms with Gasteiger partial charge in [0.2, 0.25) is 6.79 Å². The summed E-state index contributed by atoms with van der Waals surface area (Å²) in [5, 5.41) is 3.51. The zero-order chi connectivity index (χ0) is 15.1. The Kier molecular flexibility index (Phi) is 5.74. The lowest BCUT2D eigenvalue weighted by Gasteiger charge is -2.20. The lowest BCUT2D eigenvalue weighted by atomic mass is 10.1. The molecule has 1 N–H and O–H groups in total. The maximum Gasteiger partial charge on any atom is 0.231 e. The second-order valence-corrected chi connectivity index (χ2v) is 6.45. The van der Waals surface area contributed by atoms with E-state index in [2.05, 4.69) is 26.1 Å². The third kappa shape index (κ3) is 5.84. The second-order valence-electron chi connectivity index (χ2n) is 6.45. The van der Waals surface area contributed by atoms with Crippen molar-refractivity contribution in [3.8, 4) is 17.2 Å². The fraction of sp³-hybridized carbons (Fsp3) is 0.647. The van der Waals surface area contributed by atoms with E-state index in [0.717, 1.165) is 36.8 Å². The molecule has 118 valence electrons. The van der Waals surface area contributed by atoms with Gasteiger partial charge in [0.05, 0.1) is 6.61 Å². The molecule has 0 bridgehead atoms. The van der Waals surface area contributed by atoms with Gasteiger partial charge in [-0.15, -0.1) is 0 Å². The van der Waals surface area contributed by atoms with Crippen LogP contribution in [0.3, 0.4) is 0 Å². The number of fused-ring (bicyclic) bond motifs is 1. The van der Waals surface area contributed by atoms with Gasteiger partial charge in [0.1, 0.15) is 5.75 Å². The fourth-order valence-corrected chi connectivity index (χ4v) is 2.20. The fourth-order valence-electron chi connectivity index (χ4n) is 2.20. The smallest absolute Gasteiger partial charge is 0.231 e. The Morgan fingerprint density at radius 1 is 1.05 bits per heavy atom. The molecule has 1 aromatic rings. The molecule has 0 aliphatic carbocycles. The van der Waals surface area contributed by atoms with Crippen LogP contribution < -0.4 is 19.5 Å². The van der Waals surface area contributed by atoms with E-state index in [4.69, 9.17) is 14.2 Å². The van der Waals surface area contributed by atoms with Gasteiger partial charge in [0.25, 0.3) is 0 Å². The lowest BCUT2D eigenvalue weighted by Crippen LogP contribution is -2.36. The van der Waals surface area contributed by atoms with Gasteiger partial charge in [0, 0.05) is 11.6 Å². The van der Waals surface area contributed by atoms with Gasteiger partial charge >= 0.3 is 0 Å². The van der Waals surface area contributed by atoms with Crippen molar-refractivity contribution < 1.29 is 14.2 Å². The molecule has 4 nitrogen and oxygen atoms in total. The van der Waals surface area contributed by atoms with Gasteiger partial charge < -0.3 is 19.5 Å². The highest BCUT2D eigenvalue weighted by molar-refractivity contribution is 5.46. The Labute approximate surface area is 127 Å². The van der Waals surface area contributed by atoms with Crippen LogP contribution in [0.25, 0.3) is 0 Å². The highest BCUT2D eigenvalue weighted by Gasteiger charge is 2.13. The van der Waals surface area contributed by atoms with Crippen molar-refractivity contribution in [3.63, 3.8) is 0 Å². The molecule has 0 aromatic heterocycles. The van der Waals surface area contributed by atoms with Gasteiger partial charge in [-0.1, -0.05) is 12.8 Å². The number of rotatable bonds is 8. The molecule has 0 atom stereocenters. The summed E-state index contributed by atoms with van der Waals surface area (Å²) in [6.45, 7) is 8.75. The molecule has 1 heterocycles. The van der Waals surface area contributed by atoms with Crippen LogP contribution in [-0.4, -0.2) is 25.5 Å². The Hall–Kier alpha value is -1.42. The monoisotopic (exact) mass is 293 g/mol. The number of unbranched alkanes of at least 4 members (excludes halogenated alkanes) is 3. The van der Waals surface area contributed by atoms with Crippen LogP contribution in [0.5, 0.6) is 17.2 Å². The summed E-state index contributed by atoms with van der Waals surface area (Å²) < 4.78 is 16.3. The van der Waals surface area contributed by atoms with Crippen LogP contribution in [0.2, 0.25) is 0 Å². The predicted molar refractivity (Wildman–Crippen MR) is 84.3 cm³/mol. The largest absolute Gasteiger partial charge is 0.493 e. The first-order valence-corrected chi connectivity index (χ1v) is 7.82. The predicted octanol–water partition coefficient (Wildman–Crippen LogP) is 3.74. The SMILES string of the molecule is CC(C)(C)NCCCCCCOc1ccc2c(c1)OCO2. The summed E-state index contributed by atoms with van der Waals surface area (Å²) in [5.74, 6) is 2.43. The van der Waals surface area contributed by atoms with Crippen LogP contribution in [-0.2, 0) is 0 Å². The van der Waals surface area contributed by atoms with Crippen LogP contribution in [0.15, 0.2) is 18.2 Å². The van der Waals surface area contributed by atoms with Crippen LogP contribution >= 0.6 is 0 Å². The minimum absolute atomic E-state index is 0.225. The molecule has 0 spiro atoms. The number of hydrogen-bond donors (Lipinski definition) is 1. The van der Waals surface area contributed by atoms with E-state index in [-0.39, 0.29) is 5.54 Å². The molecule has 1 aromatic carbocycles. The average molecular weight is 293 g/mol. The van der Waals surface area contributed by atoms with E-state index in [1.54, 1.807) is 0 Å². The van der Waals surface area contributed by atoms with Crippen LogP contribution in [0, 0.1) is 0 Å². The van der Waals surface area contributed by atoms with Gasteiger partial charge in [-0.05, 0) is 52.3 Å². The molecule has 0 unspecified atom stereocenters. The highest BCUT2D eigenvalue weighted by Crippen LogP contribution is 2.35. The van der Waals surface area contributed by atoms with E-state index < -0.39 is 0 Å². The van der Waals surface area contributed by atoms with Crippen molar-refractivity contribution in [2.75, 3.05) is 19.9 Å². The molecule has 0 saturated heterocycles. The van der Waals surface area contributed by atoms with E-state index in [1.807, 2.05) is 18.2 Å². The highest BCUT2D eigenvalue weighted by atomic mass is 16.7. The molecular weight excluding hydrogens is 266 g/mol. The van der Waals surface area contributed by atoms with Crippen LogP contribution in [0.4, 0.5) is 0 Å². The molecule has 2 rings (SSSR count). The quantitative estimate of drug-likeness (QED) is 0.741. The zero-order valence-corrected chi connectivity index (χ0v) is 13.4. The first kappa shape index (κ1) is 16.0. The normalized spacial score (nSPS) is 13.5. The summed E-state index contributed by atoms with van der Waals surface area (Å²) >= 11 is 0. The van der Waals surface area contributed by atoms with Crippen LogP contribution in [0.1, 0.15) is 46.5 Å². The van der Waals surface area contributed by atoms with Crippen molar-refractivity contribution in [3.05, 3.63) is 18.2 Å². The van der Waals surface area contributed by atoms with E-state index in [9.17, 15) is 0 Å². The van der Waals surface area contributed by atoms with E-state index in [1.165, 1.54) is 19.3 Å². The Morgan fingerprint density at radius 3 is 2.62 bits per heavy atom. The summed E-state index contributed by atoms with van der Waals surface area (Å²) in [4.78, 5) is 0. The number of ether oxygens (including phenoxy) is 3. The summed E-state index contributed by atoms with van der Waals surface area (Å²) in [6.07, 6.45) is 4.76. The van der Waals surface area contributed by atoms with E-state index in [0.29, 0.717) is 6.79 Å². The topological polar surface area (TPSA) is 39.7 Å². The third-order valence-electron chi connectivity index (χ3n) is 3.34. The van der Waals surface area contributed by atoms with Gasteiger partial charge in [-0.2, -0.15) is 0 Å². The summed E-state index contributed by atoms with van der Waals surface area (Å²) in [7, 11) is 0. The molecule has 0 fully saturated rings. The average Bonchev–Trinajstić information content (AvgIpc) is 2.88. The standard InChI is InChI=1S/C17H27NO3/c1-17(2,3)18-10-6-4-5-7-11-19-14-8-9-15-16(12-14)21-13-20-15/h8-9,12,18H,4-7,10-11,13H2,1-3H3. The lowest BCUT2D eigenvalue weighted by molar-refractivity contribution is 0.173. The van der Waals surface area contributed by atoms with Crippen molar-refractivity contribution >= 4 is 0 Å². The molecule has 1 aliphatic rings. The number of hydrogen-bond acceptors (Lipinski definition) is 4. The van der Waals surface area contributed by atoms with Gasteiger partial charge in [-0.3, -0.25) is 0 Å². The molecular formula is C17H27NO3. The maximum absolute atomic E-state index is 5.74. The summed E-state index contributed by atoms with van der Waals surface area (Å²) in [5.41, 5.74) is 0.225. The molecule has 4 heteroatoms. The number of nitrogens with one attached hydrogen (secondary N) is 1. The second kappa shape index (κ2) is 7.55. The minimum atomic E-state index is 0.225. The summed E-state index contributed by atoms with van der Waals surface area (Å²) in [6, 6.07) is 5.73. The molecule has 1 aliphatic heterocycles. The maximum atomic E-state index is 5.74. The Morgan fingerprint density at radius 2 is 1.81 bits per heavy atom. The third-order valence-corrected chi connectivity index (χ3v) is 3.34. The number of benzene rings is 1. The van der Waals surface area contributed by atoms with Crippen molar-refractivity contribution in [1.82, 2.24) is 5.32 Å². The molecule has 0 amide bonds. The van der Waals surface area contributed by atoms with Gasteiger partial charge in [-0.25, -0.2) is 0 Å². The van der Waals surface area contributed by atoms with Crippen molar-refractivity contribution in [2.45, 2.75) is 52.0 Å². The Bertz CT molecular complexity index is 440. The molecule has 0 radical (unpaired) electrons. The van der Waals surface area contributed by atoms with E-state index >= 15 is 0 Å². The van der Waals surface area contributed by atoms with Crippen molar-refractivity contribution in [1.29, 1.82) is 0 Å². The molecule has 0 saturated carbocycles. The minimum Gasteiger partial charge on any atom is -0.493 e. The zero-order valence-electron chi connectivity index (χ0n) is 13.4. The van der Waals surface area contributed by atoms with Crippen molar-refractivity contribution in [2.24, 2.45) is 0 Å². The van der Waals surface area contributed by atoms with Gasteiger partial charge in [0.15, 0.2) is 11.5 Å². The Balaban J connectivity index is 1.52. The first-order valence-electron chi connectivity index (χ1n) is 7.82.